The third kappa shape index (κ3) is 1.62. The minimum absolute atomic E-state index is 0.278. The maximum Gasteiger partial charge on any atom is 0.150 e. The van der Waals surface area contributed by atoms with Gasteiger partial charge in [-0.2, -0.15) is 0 Å². The van der Waals surface area contributed by atoms with Gasteiger partial charge >= 0.3 is 0 Å². The fourth-order valence-corrected chi connectivity index (χ4v) is 1.56. The number of nitrogens with zero attached hydrogens (tertiary/aromatic N) is 2. The maximum absolute atomic E-state index is 5.91. The van der Waals surface area contributed by atoms with E-state index < -0.39 is 0 Å². The molecule has 0 aliphatic carbocycles. The van der Waals surface area contributed by atoms with Gasteiger partial charge in [-0.25, -0.2) is 4.98 Å². The van der Waals surface area contributed by atoms with E-state index in [9.17, 15) is 0 Å². The predicted molar refractivity (Wildman–Crippen MR) is 50.4 cm³/mol. The highest BCUT2D eigenvalue weighted by Gasteiger charge is 2.13. The van der Waals surface area contributed by atoms with E-state index in [1.807, 2.05) is 4.57 Å². The number of hydrogen-bond donors (Lipinski definition) is 1. The summed E-state index contributed by atoms with van der Waals surface area (Å²) < 4.78 is 2.03. The van der Waals surface area contributed by atoms with Gasteiger partial charge in [-0.3, -0.25) is 0 Å². The molecule has 0 spiro atoms. The zero-order valence-electron chi connectivity index (χ0n) is 7.42. The first-order chi connectivity index (χ1) is 5.70. The molecule has 0 aliphatic rings. The van der Waals surface area contributed by atoms with Crippen LogP contribution in [-0.2, 0) is 6.54 Å². The van der Waals surface area contributed by atoms with Gasteiger partial charge in [0.1, 0.15) is 0 Å². The van der Waals surface area contributed by atoms with E-state index in [4.69, 9.17) is 17.3 Å². The van der Waals surface area contributed by atoms with E-state index in [0.29, 0.717) is 11.7 Å². The molecular formula is C8H14ClN3. The van der Waals surface area contributed by atoms with Crippen molar-refractivity contribution >= 4 is 11.6 Å². The Balaban J connectivity index is 3.01. The van der Waals surface area contributed by atoms with Crippen molar-refractivity contribution in [2.45, 2.75) is 26.3 Å². The summed E-state index contributed by atoms with van der Waals surface area (Å²) >= 11 is 5.91. The number of aromatic nitrogens is 2. The third-order valence-corrected chi connectivity index (χ3v) is 2.28. The van der Waals surface area contributed by atoms with Crippen molar-refractivity contribution in [3.63, 3.8) is 0 Å². The molecule has 1 unspecified atom stereocenters. The summed E-state index contributed by atoms with van der Waals surface area (Å²) in [5, 5.41) is 0.579. The van der Waals surface area contributed by atoms with Crippen molar-refractivity contribution in [1.29, 1.82) is 0 Å². The number of halogens is 1. The average molecular weight is 188 g/mol. The number of hydrogen-bond acceptors (Lipinski definition) is 2. The minimum atomic E-state index is 0.278. The minimum Gasteiger partial charge on any atom is -0.333 e. The van der Waals surface area contributed by atoms with E-state index in [1.54, 1.807) is 6.33 Å². The lowest BCUT2D eigenvalue weighted by Gasteiger charge is -2.11. The molecule has 1 aromatic rings. The lowest BCUT2D eigenvalue weighted by atomic mass is 10.1. The quantitative estimate of drug-likeness (QED) is 0.782. The van der Waals surface area contributed by atoms with Gasteiger partial charge in [0, 0.05) is 19.0 Å². The lowest BCUT2D eigenvalue weighted by Crippen LogP contribution is -2.13. The van der Waals surface area contributed by atoms with Gasteiger partial charge in [0.25, 0.3) is 0 Å². The molecule has 0 fully saturated rings. The molecule has 4 heteroatoms. The normalized spacial score (nSPS) is 13.3. The van der Waals surface area contributed by atoms with Crippen LogP contribution in [0.4, 0.5) is 0 Å². The Kier molecular flexibility index (Phi) is 3.12. The first-order valence-electron chi connectivity index (χ1n) is 4.11. The van der Waals surface area contributed by atoms with Crippen molar-refractivity contribution in [3.8, 4) is 0 Å². The van der Waals surface area contributed by atoms with Gasteiger partial charge in [0.05, 0.1) is 12.0 Å². The smallest absolute Gasteiger partial charge is 0.150 e. The highest BCUT2D eigenvalue weighted by Crippen LogP contribution is 2.22. The Labute approximate surface area is 77.5 Å². The van der Waals surface area contributed by atoms with Crippen molar-refractivity contribution in [2.75, 3.05) is 6.54 Å². The molecule has 1 heterocycles. The van der Waals surface area contributed by atoms with Crippen LogP contribution in [0.1, 0.15) is 25.5 Å². The van der Waals surface area contributed by atoms with Crippen LogP contribution in [0.25, 0.3) is 0 Å². The van der Waals surface area contributed by atoms with Gasteiger partial charge < -0.3 is 10.3 Å². The van der Waals surface area contributed by atoms with Gasteiger partial charge in [-0.15, -0.1) is 0 Å². The molecule has 3 nitrogen and oxygen atoms in total. The highest BCUT2D eigenvalue weighted by atomic mass is 35.5. The average Bonchev–Trinajstić information content (AvgIpc) is 2.45. The third-order valence-electron chi connectivity index (χ3n) is 1.99. The fraction of sp³-hybridized carbons (Fsp3) is 0.625. The number of rotatable bonds is 3. The number of imidazole rings is 1. The van der Waals surface area contributed by atoms with Crippen molar-refractivity contribution in [3.05, 3.63) is 17.2 Å². The largest absolute Gasteiger partial charge is 0.333 e. The molecule has 1 atom stereocenters. The van der Waals surface area contributed by atoms with Gasteiger partial charge in [-0.05, 0) is 6.92 Å². The van der Waals surface area contributed by atoms with E-state index in [-0.39, 0.29) is 5.92 Å². The Morgan fingerprint density at radius 2 is 2.42 bits per heavy atom. The second-order valence-electron chi connectivity index (χ2n) is 2.84. The van der Waals surface area contributed by atoms with Crippen LogP contribution >= 0.6 is 11.6 Å². The van der Waals surface area contributed by atoms with E-state index in [2.05, 4.69) is 18.8 Å². The van der Waals surface area contributed by atoms with Gasteiger partial charge in [-0.1, -0.05) is 18.5 Å². The van der Waals surface area contributed by atoms with Crippen LogP contribution in [0, 0.1) is 0 Å². The fourth-order valence-electron chi connectivity index (χ4n) is 1.22. The zero-order valence-corrected chi connectivity index (χ0v) is 8.17. The summed E-state index contributed by atoms with van der Waals surface area (Å²) in [6, 6.07) is 0. The van der Waals surface area contributed by atoms with E-state index in [0.717, 1.165) is 12.2 Å². The van der Waals surface area contributed by atoms with Crippen LogP contribution in [0.3, 0.4) is 0 Å². The van der Waals surface area contributed by atoms with Crippen LogP contribution in [-0.4, -0.2) is 16.1 Å². The standard InChI is InChI=1S/C8H14ClN3/c1-3-12-5-11-8(9)7(12)6(2)4-10/h5-6H,3-4,10H2,1-2H3. The highest BCUT2D eigenvalue weighted by molar-refractivity contribution is 6.30. The molecule has 0 saturated heterocycles. The van der Waals surface area contributed by atoms with Crippen molar-refractivity contribution in [1.82, 2.24) is 9.55 Å². The first kappa shape index (κ1) is 9.55. The SMILES string of the molecule is CCn1cnc(Cl)c1C(C)CN. The summed E-state index contributed by atoms with van der Waals surface area (Å²) in [4.78, 5) is 4.03. The second kappa shape index (κ2) is 3.92. The van der Waals surface area contributed by atoms with Crippen LogP contribution in [0.5, 0.6) is 0 Å². The van der Waals surface area contributed by atoms with E-state index >= 15 is 0 Å². The molecule has 2 N–H and O–H groups in total. The van der Waals surface area contributed by atoms with Crippen molar-refractivity contribution < 1.29 is 0 Å². The molecule has 1 rings (SSSR count). The molecule has 0 aliphatic heterocycles. The molecule has 0 amide bonds. The molecular weight excluding hydrogens is 174 g/mol. The topological polar surface area (TPSA) is 43.8 Å². The molecule has 12 heavy (non-hydrogen) atoms. The molecule has 0 aromatic carbocycles. The molecule has 0 bridgehead atoms. The predicted octanol–water partition coefficient (Wildman–Crippen LogP) is 1.62. The second-order valence-corrected chi connectivity index (χ2v) is 3.20. The Hall–Kier alpha value is -0.540. The van der Waals surface area contributed by atoms with Gasteiger partial charge in [0.15, 0.2) is 5.15 Å². The Bertz CT molecular complexity index is 257. The Morgan fingerprint density at radius 3 is 2.92 bits per heavy atom. The molecule has 68 valence electrons. The summed E-state index contributed by atoms with van der Waals surface area (Å²) in [6.45, 7) is 5.60. The molecule has 1 aromatic heterocycles. The Morgan fingerprint density at radius 1 is 1.75 bits per heavy atom. The number of nitrogens with two attached hydrogens (primary N) is 1. The van der Waals surface area contributed by atoms with Crippen LogP contribution in [0.2, 0.25) is 5.15 Å². The van der Waals surface area contributed by atoms with Crippen molar-refractivity contribution in [2.24, 2.45) is 5.73 Å². The summed E-state index contributed by atoms with van der Waals surface area (Å²) in [7, 11) is 0. The summed E-state index contributed by atoms with van der Waals surface area (Å²) in [6.07, 6.45) is 1.75. The molecule has 0 saturated carbocycles. The maximum atomic E-state index is 5.91. The number of aryl methyl sites for hydroxylation is 1. The summed E-state index contributed by atoms with van der Waals surface area (Å²) in [5.74, 6) is 0.278. The molecule has 0 radical (unpaired) electrons. The van der Waals surface area contributed by atoms with Crippen LogP contribution < -0.4 is 5.73 Å². The van der Waals surface area contributed by atoms with Gasteiger partial charge in [0.2, 0.25) is 0 Å². The monoisotopic (exact) mass is 187 g/mol. The zero-order chi connectivity index (χ0) is 9.14. The summed E-state index contributed by atoms with van der Waals surface area (Å²) in [5.41, 5.74) is 6.60. The lowest BCUT2D eigenvalue weighted by molar-refractivity contribution is 0.646. The van der Waals surface area contributed by atoms with Crippen LogP contribution in [0.15, 0.2) is 6.33 Å². The van der Waals surface area contributed by atoms with E-state index in [1.165, 1.54) is 0 Å². The first-order valence-corrected chi connectivity index (χ1v) is 4.49.